The lowest BCUT2D eigenvalue weighted by atomic mass is 9.99. The standard InChI is InChI=1S/C21H22FN7/c1-14-16-13-25-21(20-23-6-4-7-24-20)26-17(16)5-10-29(14)19-12-15(11-18(22)27-19)28-8-2-3-9-28/h4,6-7,11-14H,2-3,5,8-10H2,1H3. The molecule has 148 valence electrons. The minimum atomic E-state index is -0.435. The van der Waals surface area contributed by atoms with Crippen molar-refractivity contribution >= 4 is 11.5 Å². The summed E-state index contributed by atoms with van der Waals surface area (Å²) in [7, 11) is 0. The van der Waals surface area contributed by atoms with Crippen LogP contribution in [0.2, 0.25) is 0 Å². The number of nitrogens with zero attached hydrogens (tertiary/aromatic N) is 7. The van der Waals surface area contributed by atoms with E-state index in [4.69, 9.17) is 4.98 Å². The minimum absolute atomic E-state index is 0.00483. The molecule has 0 aliphatic carbocycles. The van der Waals surface area contributed by atoms with Crippen molar-refractivity contribution in [3.63, 3.8) is 0 Å². The van der Waals surface area contributed by atoms with Crippen LogP contribution in [0.3, 0.4) is 0 Å². The van der Waals surface area contributed by atoms with Gasteiger partial charge in [0, 0.05) is 68.0 Å². The summed E-state index contributed by atoms with van der Waals surface area (Å²) in [6.07, 6.45) is 8.24. The number of anilines is 2. The summed E-state index contributed by atoms with van der Waals surface area (Å²) < 4.78 is 14.3. The van der Waals surface area contributed by atoms with Crippen LogP contribution in [0.15, 0.2) is 36.8 Å². The van der Waals surface area contributed by atoms with E-state index >= 15 is 0 Å². The fourth-order valence-corrected chi connectivity index (χ4v) is 4.17. The fourth-order valence-electron chi connectivity index (χ4n) is 4.17. The predicted octanol–water partition coefficient (Wildman–Crippen LogP) is 3.19. The molecule has 0 bridgehead atoms. The van der Waals surface area contributed by atoms with Gasteiger partial charge < -0.3 is 9.80 Å². The highest BCUT2D eigenvalue weighted by atomic mass is 19.1. The highest BCUT2D eigenvalue weighted by Gasteiger charge is 2.28. The first-order valence-electron chi connectivity index (χ1n) is 10.0. The summed E-state index contributed by atoms with van der Waals surface area (Å²) in [5.74, 6) is 1.29. The zero-order valence-electron chi connectivity index (χ0n) is 16.3. The van der Waals surface area contributed by atoms with Gasteiger partial charge in [0.05, 0.1) is 11.7 Å². The molecule has 0 amide bonds. The van der Waals surface area contributed by atoms with Gasteiger partial charge in [0.1, 0.15) is 5.82 Å². The molecule has 0 N–H and O–H groups in total. The molecule has 1 unspecified atom stereocenters. The van der Waals surface area contributed by atoms with E-state index in [9.17, 15) is 4.39 Å². The molecule has 0 saturated carbocycles. The maximum atomic E-state index is 14.3. The summed E-state index contributed by atoms with van der Waals surface area (Å²) in [5, 5.41) is 0. The molecule has 29 heavy (non-hydrogen) atoms. The summed E-state index contributed by atoms with van der Waals surface area (Å²) >= 11 is 0. The van der Waals surface area contributed by atoms with Crippen molar-refractivity contribution in [2.24, 2.45) is 0 Å². The average Bonchev–Trinajstić information content (AvgIpc) is 3.29. The Labute approximate surface area is 168 Å². The Morgan fingerprint density at radius 1 is 0.966 bits per heavy atom. The van der Waals surface area contributed by atoms with Crippen LogP contribution in [0.5, 0.6) is 0 Å². The lowest BCUT2D eigenvalue weighted by Gasteiger charge is -2.36. The largest absolute Gasteiger partial charge is 0.371 e. The number of aromatic nitrogens is 5. The molecule has 3 aromatic heterocycles. The zero-order valence-corrected chi connectivity index (χ0v) is 16.3. The van der Waals surface area contributed by atoms with E-state index in [0.717, 1.165) is 55.8 Å². The third kappa shape index (κ3) is 3.39. The van der Waals surface area contributed by atoms with E-state index in [1.54, 1.807) is 18.5 Å². The zero-order chi connectivity index (χ0) is 19.8. The van der Waals surface area contributed by atoms with Crippen LogP contribution in [0, 0.1) is 5.95 Å². The molecule has 7 nitrogen and oxygen atoms in total. The van der Waals surface area contributed by atoms with Gasteiger partial charge in [-0.05, 0) is 25.8 Å². The van der Waals surface area contributed by atoms with Crippen LogP contribution in [-0.2, 0) is 6.42 Å². The SMILES string of the molecule is CC1c2cnc(-c3ncccn3)nc2CCN1c1cc(N2CCCC2)cc(F)n1. The Balaban J connectivity index is 1.45. The van der Waals surface area contributed by atoms with Crippen molar-refractivity contribution in [2.45, 2.75) is 32.2 Å². The lowest BCUT2D eigenvalue weighted by molar-refractivity contribution is 0.562. The third-order valence-electron chi connectivity index (χ3n) is 5.70. The Bertz CT molecular complexity index is 1020. The molecule has 8 heteroatoms. The molecule has 5 heterocycles. The molecular formula is C21H22FN7. The van der Waals surface area contributed by atoms with E-state index in [-0.39, 0.29) is 6.04 Å². The summed E-state index contributed by atoms with van der Waals surface area (Å²) in [5.41, 5.74) is 2.93. The van der Waals surface area contributed by atoms with Crippen LogP contribution in [0.1, 0.15) is 37.1 Å². The maximum absolute atomic E-state index is 14.3. The second kappa shape index (κ2) is 7.35. The summed E-state index contributed by atoms with van der Waals surface area (Å²) in [6.45, 7) is 4.75. The highest BCUT2D eigenvalue weighted by Crippen LogP contribution is 2.34. The molecule has 5 rings (SSSR count). The van der Waals surface area contributed by atoms with Crippen LogP contribution < -0.4 is 9.80 Å². The Hall–Kier alpha value is -3.16. The molecule has 1 fully saturated rings. The van der Waals surface area contributed by atoms with Gasteiger partial charge in [0.15, 0.2) is 11.6 Å². The molecular weight excluding hydrogens is 369 g/mol. The number of halogens is 1. The number of hydrogen-bond donors (Lipinski definition) is 0. The van der Waals surface area contributed by atoms with Crippen LogP contribution >= 0.6 is 0 Å². The van der Waals surface area contributed by atoms with Gasteiger partial charge in [-0.1, -0.05) is 0 Å². The van der Waals surface area contributed by atoms with Gasteiger partial charge in [0.2, 0.25) is 5.95 Å². The van der Waals surface area contributed by atoms with Gasteiger partial charge in [-0.2, -0.15) is 4.39 Å². The smallest absolute Gasteiger partial charge is 0.216 e. The van der Waals surface area contributed by atoms with Gasteiger partial charge in [-0.3, -0.25) is 0 Å². The average molecular weight is 391 g/mol. The van der Waals surface area contributed by atoms with Crippen molar-refractivity contribution in [1.29, 1.82) is 0 Å². The van der Waals surface area contributed by atoms with E-state index in [1.807, 2.05) is 12.3 Å². The fraction of sp³-hybridized carbons (Fsp3) is 0.381. The summed E-state index contributed by atoms with van der Waals surface area (Å²) in [4.78, 5) is 26.2. The van der Waals surface area contributed by atoms with E-state index < -0.39 is 5.95 Å². The first kappa shape index (κ1) is 17.9. The van der Waals surface area contributed by atoms with Gasteiger partial charge in [0.25, 0.3) is 0 Å². The van der Waals surface area contributed by atoms with Crippen molar-refractivity contribution in [3.05, 3.63) is 54.0 Å². The van der Waals surface area contributed by atoms with E-state index in [1.165, 1.54) is 6.07 Å². The first-order chi connectivity index (χ1) is 14.2. The van der Waals surface area contributed by atoms with Gasteiger partial charge in [-0.25, -0.2) is 24.9 Å². The van der Waals surface area contributed by atoms with E-state index in [0.29, 0.717) is 17.5 Å². The maximum Gasteiger partial charge on any atom is 0.216 e. The van der Waals surface area contributed by atoms with Gasteiger partial charge in [-0.15, -0.1) is 0 Å². The topological polar surface area (TPSA) is 70.9 Å². The van der Waals surface area contributed by atoms with Crippen LogP contribution in [-0.4, -0.2) is 44.6 Å². The Morgan fingerprint density at radius 2 is 1.76 bits per heavy atom. The van der Waals surface area contributed by atoms with E-state index in [2.05, 4.69) is 36.7 Å². The predicted molar refractivity (Wildman–Crippen MR) is 108 cm³/mol. The van der Waals surface area contributed by atoms with Crippen molar-refractivity contribution in [3.8, 4) is 11.6 Å². The Kier molecular flexibility index (Phi) is 4.54. The number of hydrogen-bond acceptors (Lipinski definition) is 7. The molecule has 2 aliphatic rings. The molecule has 1 saturated heterocycles. The molecule has 0 spiro atoms. The Morgan fingerprint density at radius 3 is 2.55 bits per heavy atom. The number of rotatable bonds is 3. The highest BCUT2D eigenvalue weighted by molar-refractivity contribution is 5.57. The number of pyridine rings is 1. The van der Waals surface area contributed by atoms with Crippen molar-refractivity contribution in [2.75, 3.05) is 29.4 Å². The summed E-state index contributed by atoms with van der Waals surface area (Å²) in [6, 6.07) is 5.31. The molecule has 0 aromatic carbocycles. The number of fused-ring (bicyclic) bond motifs is 1. The van der Waals surface area contributed by atoms with Crippen molar-refractivity contribution in [1.82, 2.24) is 24.9 Å². The minimum Gasteiger partial charge on any atom is -0.371 e. The second-order valence-electron chi connectivity index (χ2n) is 7.49. The molecule has 0 radical (unpaired) electrons. The van der Waals surface area contributed by atoms with Crippen LogP contribution in [0.4, 0.5) is 15.9 Å². The molecule has 1 atom stereocenters. The van der Waals surface area contributed by atoms with Gasteiger partial charge >= 0.3 is 0 Å². The normalized spacial score (nSPS) is 18.8. The third-order valence-corrected chi connectivity index (χ3v) is 5.70. The first-order valence-corrected chi connectivity index (χ1v) is 10.0. The van der Waals surface area contributed by atoms with Crippen LogP contribution in [0.25, 0.3) is 11.6 Å². The lowest BCUT2D eigenvalue weighted by Crippen LogP contribution is -2.35. The molecule has 2 aliphatic heterocycles. The monoisotopic (exact) mass is 391 g/mol. The van der Waals surface area contributed by atoms with Crippen molar-refractivity contribution < 1.29 is 4.39 Å². The molecule has 3 aromatic rings. The quantitative estimate of drug-likeness (QED) is 0.635. The second-order valence-corrected chi connectivity index (χ2v) is 7.49.